The van der Waals surface area contributed by atoms with Crippen LogP contribution in [0.1, 0.15) is 79.1 Å². The molecule has 0 aromatic rings. The van der Waals surface area contributed by atoms with Gasteiger partial charge in [-0.2, -0.15) is 0 Å². The molecule has 2 heterocycles. The highest BCUT2D eigenvalue weighted by molar-refractivity contribution is 5.28. The van der Waals surface area contributed by atoms with E-state index in [9.17, 15) is 10.2 Å². The minimum absolute atomic E-state index is 0.155. The molecule has 31 heavy (non-hydrogen) atoms. The van der Waals surface area contributed by atoms with Crippen LogP contribution in [0.2, 0.25) is 0 Å². The molecule has 2 saturated heterocycles. The standard InChI is InChI=1S/C27H42O4/c1-15-7-10-27(30-14-15)16(2)24-22(31-27)13-21-19-6-5-17-11-18(28)12-23(29)26(17,4)20(19)8-9-25(21,24)3/h5,15-16,18-24,28-29H,6-14H2,1-4H3/t15-,16?,18-,19?,20?,21?,22?,23-,24?,25+,26+,27-/m1/s1. The van der Waals surface area contributed by atoms with Crippen LogP contribution < -0.4 is 0 Å². The van der Waals surface area contributed by atoms with Crippen molar-refractivity contribution in [3.05, 3.63) is 11.6 Å². The zero-order valence-electron chi connectivity index (χ0n) is 19.8. The summed E-state index contributed by atoms with van der Waals surface area (Å²) >= 11 is 0. The van der Waals surface area contributed by atoms with E-state index in [-0.39, 0.29) is 17.3 Å². The Hall–Kier alpha value is -0.420. The number of aliphatic hydroxyl groups excluding tert-OH is 2. The van der Waals surface area contributed by atoms with Crippen molar-refractivity contribution in [3.8, 4) is 0 Å². The fourth-order valence-corrected chi connectivity index (χ4v) is 9.72. The molecule has 5 fully saturated rings. The normalized spacial score (nSPS) is 60.7. The Morgan fingerprint density at radius 2 is 1.84 bits per heavy atom. The molecule has 4 nitrogen and oxygen atoms in total. The molecule has 1 spiro atoms. The predicted molar refractivity (Wildman–Crippen MR) is 119 cm³/mol. The maximum atomic E-state index is 11.1. The van der Waals surface area contributed by atoms with Crippen LogP contribution in [-0.2, 0) is 9.47 Å². The lowest BCUT2D eigenvalue weighted by Gasteiger charge is -2.59. The van der Waals surface area contributed by atoms with E-state index in [4.69, 9.17) is 9.47 Å². The van der Waals surface area contributed by atoms with Gasteiger partial charge in [-0.1, -0.05) is 39.3 Å². The van der Waals surface area contributed by atoms with Crippen LogP contribution in [0.5, 0.6) is 0 Å². The third kappa shape index (κ3) is 2.68. The van der Waals surface area contributed by atoms with Crippen LogP contribution in [0.4, 0.5) is 0 Å². The van der Waals surface area contributed by atoms with Crippen LogP contribution in [0, 0.1) is 46.3 Å². The highest BCUT2D eigenvalue weighted by atomic mass is 16.7. The Kier molecular flexibility index (Phi) is 4.64. The Bertz CT molecular complexity index is 769. The maximum Gasteiger partial charge on any atom is 0.171 e. The number of rotatable bonds is 0. The summed E-state index contributed by atoms with van der Waals surface area (Å²) in [6, 6.07) is 0. The maximum absolute atomic E-state index is 11.1. The summed E-state index contributed by atoms with van der Waals surface area (Å²) in [6.45, 7) is 10.4. The van der Waals surface area contributed by atoms with Gasteiger partial charge in [0.05, 0.1) is 24.9 Å². The van der Waals surface area contributed by atoms with E-state index < -0.39 is 6.10 Å². The van der Waals surface area contributed by atoms with E-state index in [2.05, 4.69) is 33.8 Å². The summed E-state index contributed by atoms with van der Waals surface area (Å²) in [5, 5.41) is 21.4. The Labute approximate surface area is 187 Å². The second-order valence-electron chi connectivity index (χ2n) is 12.8. The van der Waals surface area contributed by atoms with Crippen LogP contribution in [0.25, 0.3) is 0 Å². The molecule has 6 unspecified atom stereocenters. The van der Waals surface area contributed by atoms with E-state index in [1.54, 1.807) is 0 Å². The van der Waals surface area contributed by atoms with Crippen molar-refractivity contribution in [1.29, 1.82) is 0 Å². The largest absolute Gasteiger partial charge is 0.393 e. The minimum atomic E-state index is -0.420. The van der Waals surface area contributed by atoms with Gasteiger partial charge in [-0.3, -0.25) is 0 Å². The van der Waals surface area contributed by atoms with Crippen LogP contribution in [0.3, 0.4) is 0 Å². The van der Waals surface area contributed by atoms with Gasteiger partial charge in [-0.25, -0.2) is 0 Å². The first kappa shape index (κ1) is 21.1. The molecule has 12 atom stereocenters. The molecule has 6 rings (SSSR count). The SMILES string of the molecule is CC1C2C(CC3C4CC=C5C[C@@H](O)C[C@@H](O)[C@]5(C)C4CC[C@@]32C)O[C@]12CC[C@@H](C)CO2. The van der Waals surface area contributed by atoms with Crippen molar-refractivity contribution < 1.29 is 19.7 Å². The number of ether oxygens (including phenoxy) is 2. The molecular weight excluding hydrogens is 388 g/mol. The molecule has 0 radical (unpaired) electrons. The quantitative estimate of drug-likeness (QED) is 0.548. The number of allylic oxidation sites excluding steroid dienone is 1. The lowest BCUT2D eigenvalue weighted by atomic mass is 9.46. The zero-order valence-corrected chi connectivity index (χ0v) is 19.8. The second-order valence-corrected chi connectivity index (χ2v) is 12.8. The van der Waals surface area contributed by atoms with Crippen LogP contribution in [-0.4, -0.2) is 40.9 Å². The third-order valence-corrected chi connectivity index (χ3v) is 11.4. The van der Waals surface area contributed by atoms with Gasteiger partial charge in [0.15, 0.2) is 5.79 Å². The third-order valence-electron chi connectivity index (χ3n) is 11.4. The summed E-state index contributed by atoms with van der Waals surface area (Å²) in [6.07, 6.45) is 10.2. The first-order valence-corrected chi connectivity index (χ1v) is 13.1. The average molecular weight is 431 g/mol. The molecule has 0 amide bonds. The first-order valence-electron chi connectivity index (χ1n) is 13.1. The molecule has 2 N–H and O–H groups in total. The van der Waals surface area contributed by atoms with E-state index in [0.29, 0.717) is 53.4 Å². The van der Waals surface area contributed by atoms with Crippen LogP contribution in [0.15, 0.2) is 11.6 Å². The van der Waals surface area contributed by atoms with Crippen molar-refractivity contribution in [3.63, 3.8) is 0 Å². The highest BCUT2D eigenvalue weighted by Crippen LogP contribution is 2.70. The van der Waals surface area contributed by atoms with Crippen molar-refractivity contribution in [2.24, 2.45) is 46.3 Å². The van der Waals surface area contributed by atoms with Crippen LogP contribution >= 0.6 is 0 Å². The summed E-state index contributed by atoms with van der Waals surface area (Å²) in [4.78, 5) is 0. The van der Waals surface area contributed by atoms with E-state index in [0.717, 1.165) is 32.3 Å². The van der Waals surface area contributed by atoms with Crippen molar-refractivity contribution in [2.75, 3.05) is 6.61 Å². The van der Waals surface area contributed by atoms with Crippen molar-refractivity contribution in [2.45, 2.75) is 103 Å². The molecule has 0 aromatic heterocycles. The fourth-order valence-electron chi connectivity index (χ4n) is 9.72. The molecule has 6 aliphatic rings. The monoisotopic (exact) mass is 430 g/mol. The lowest BCUT2D eigenvalue weighted by Crippen LogP contribution is -2.56. The molecule has 2 aliphatic heterocycles. The molecular formula is C27H42O4. The summed E-state index contributed by atoms with van der Waals surface area (Å²) in [5.41, 5.74) is 1.48. The number of fused-ring (bicyclic) bond motifs is 7. The molecule has 174 valence electrons. The minimum Gasteiger partial charge on any atom is -0.393 e. The zero-order chi connectivity index (χ0) is 21.8. The molecule has 3 saturated carbocycles. The first-order chi connectivity index (χ1) is 14.7. The summed E-state index contributed by atoms with van der Waals surface area (Å²) in [5.74, 6) is 3.17. The molecule has 0 bridgehead atoms. The van der Waals surface area contributed by atoms with E-state index >= 15 is 0 Å². The van der Waals surface area contributed by atoms with Crippen molar-refractivity contribution in [1.82, 2.24) is 0 Å². The van der Waals surface area contributed by atoms with Gasteiger partial charge in [-0.15, -0.1) is 0 Å². The van der Waals surface area contributed by atoms with E-state index in [1.165, 1.54) is 24.8 Å². The average Bonchev–Trinajstić information content (AvgIpc) is 3.16. The van der Waals surface area contributed by atoms with Gasteiger partial charge in [0.25, 0.3) is 0 Å². The van der Waals surface area contributed by atoms with Gasteiger partial charge in [-0.05, 0) is 73.5 Å². The van der Waals surface area contributed by atoms with Gasteiger partial charge in [0.1, 0.15) is 0 Å². The molecule has 4 heteroatoms. The highest BCUT2D eigenvalue weighted by Gasteiger charge is 2.69. The van der Waals surface area contributed by atoms with Gasteiger partial charge >= 0.3 is 0 Å². The molecule has 0 aromatic carbocycles. The lowest BCUT2D eigenvalue weighted by molar-refractivity contribution is -0.272. The van der Waals surface area contributed by atoms with E-state index in [1.807, 2.05) is 0 Å². The summed E-state index contributed by atoms with van der Waals surface area (Å²) in [7, 11) is 0. The Morgan fingerprint density at radius 1 is 1.03 bits per heavy atom. The Balaban J connectivity index is 1.29. The van der Waals surface area contributed by atoms with Crippen molar-refractivity contribution >= 4 is 0 Å². The van der Waals surface area contributed by atoms with Gasteiger partial charge < -0.3 is 19.7 Å². The second kappa shape index (κ2) is 6.81. The van der Waals surface area contributed by atoms with Gasteiger partial charge in [0, 0.05) is 24.2 Å². The predicted octanol–water partition coefficient (Wildman–Crippen LogP) is 4.68. The fraction of sp³-hybridized carbons (Fsp3) is 0.926. The smallest absolute Gasteiger partial charge is 0.171 e. The summed E-state index contributed by atoms with van der Waals surface area (Å²) < 4.78 is 13.3. The molecule has 4 aliphatic carbocycles. The number of hydrogen-bond donors (Lipinski definition) is 2. The topological polar surface area (TPSA) is 58.9 Å². The Morgan fingerprint density at radius 3 is 2.58 bits per heavy atom. The number of aliphatic hydroxyl groups is 2. The van der Waals surface area contributed by atoms with Gasteiger partial charge in [0.2, 0.25) is 0 Å². The number of hydrogen-bond acceptors (Lipinski definition) is 4.